The summed E-state index contributed by atoms with van der Waals surface area (Å²) in [6.45, 7) is 5.72. The summed E-state index contributed by atoms with van der Waals surface area (Å²) < 4.78 is 7.78. The number of furan rings is 1. The number of nitrogens with zero attached hydrogens (tertiary/aromatic N) is 4. The van der Waals surface area contributed by atoms with Crippen molar-refractivity contribution in [2.24, 2.45) is 12.0 Å². The third kappa shape index (κ3) is 3.99. The Kier molecular flexibility index (Phi) is 5.14. The number of benzene rings is 1. The number of aliphatic imine (C=N–C) groups is 1. The third-order valence-electron chi connectivity index (χ3n) is 5.12. The maximum Gasteiger partial charge on any atom is 0.193 e. The minimum Gasteiger partial charge on any atom is -0.461 e. The molecule has 0 amide bonds. The Balaban J connectivity index is 1.39. The zero-order valence-electron chi connectivity index (χ0n) is 16.1. The minimum absolute atomic E-state index is 0.526. The Morgan fingerprint density at radius 2 is 2.26 bits per heavy atom. The van der Waals surface area contributed by atoms with Crippen LogP contribution in [0, 0.1) is 0 Å². The molecule has 3 aromatic rings. The van der Waals surface area contributed by atoms with Crippen molar-refractivity contribution in [3.05, 3.63) is 54.0 Å². The van der Waals surface area contributed by atoms with E-state index in [0.717, 1.165) is 61.7 Å². The van der Waals surface area contributed by atoms with Gasteiger partial charge in [-0.3, -0.25) is 9.67 Å². The van der Waals surface area contributed by atoms with Gasteiger partial charge in [0.1, 0.15) is 11.3 Å². The zero-order valence-corrected chi connectivity index (χ0v) is 16.1. The highest BCUT2D eigenvalue weighted by molar-refractivity contribution is 5.80. The first-order chi connectivity index (χ1) is 13.2. The number of aryl methyl sites for hydroxylation is 1. The number of fused-ring (bicyclic) bond motifs is 1. The summed E-state index contributed by atoms with van der Waals surface area (Å²) in [6, 6.07) is 10.2. The first-order valence-corrected chi connectivity index (χ1v) is 9.72. The summed E-state index contributed by atoms with van der Waals surface area (Å²) in [4.78, 5) is 7.21. The minimum atomic E-state index is 0.526. The van der Waals surface area contributed by atoms with Crippen LogP contribution in [0.3, 0.4) is 0 Å². The maximum atomic E-state index is 5.90. The molecule has 1 aromatic carbocycles. The average molecular weight is 365 g/mol. The predicted octanol–water partition coefficient (Wildman–Crippen LogP) is 3.16. The van der Waals surface area contributed by atoms with Gasteiger partial charge in [-0.15, -0.1) is 0 Å². The molecular weight excluding hydrogens is 338 g/mol. The Labute approximate surface area is 159 Å². The number of para-hydroxylation sites is 1. The molecule has 0 spiro atoms. The molecule has 1 atom stereocenters. The molecule has 1 fully saturated rings. The normalized spacial score (nSPS) is 17.8. The Morgan fingerprint density at radius 3 is 3.04 bits per heavy atom. The van der Waals surface area contributed by atoms with Gasteiger partial charge in [0.15, 0.2) is 5.96 Å². The molecule has 3 heterocycles. The fourth-order valence-corrected chi connectivity index (χ4v) is 3.73. The highest BCUT2D eigenvalue weighted by Gasteiger charge is 2.26. The second-order valence-corrected chi connectivity index (χ2v) is 7.12. The van der Waals surface area contributed by atoms with Gasteiger partial charge in [0.25, 0.3) is 0 Å². The number of aromatic nitrogens is 2. The van der Waals surface area contributed by atoms with Gasteiger partial charge < -0.3 is 14.6 Å². The van der Waals surface area contributed by atoms with Crippen LogP contribution in [0.15, 0.2) is 52.1 Å². The quantitative estimate of drug-likeness (QED) is 0.557. The van der Waals surface area contributed by atoms with Gasteiger partial charge in [0.05, 0.1) is 6.20 Å². The molecule has 142 valence electrons. The largest absolute Gasteiger partial charge is 0.461 e. The molecule has 1 aliphatic rings. The van der Waals surface area contributed by atoms with Crippen molar-refractivity contribution < 1.29 is 4.42 Å². The van der Waals surface area contributed by atoms with E-state index in [1.165, 1.54) is 5.56 Å². The molecule has 1 N–H and O–H groups in total. The van der Waals surface area contributed by atoms with E-state index in [1.54, 1.807) is 0 Å². The number of guanidine groups is 1. The van der Waals surface area contributed by atoms with Crippen LogP contribution in [0.1, 0.15) is 30.6 Å². The Hall–Kier alpha value is -2.76. The lowest BCUT2D eigenvalue weighted by Gasteiger charge is -2.21. The third-order valence-corrected chi connectivity index (χ3v) is 5.12. The van der Waals surface area contributed by atoms with Gasteiger partial charge in [-0.2, -0.15) is 5.10 Å². The van der Waals surface area contributed by atoms with Gasteiger partial charge >= 0.3 is 0 Å². The lowest BCUT2D eigenvalue weighted by molar-refractivity contribution is 0.484. The lowest BCUT2D eigenvalue weighted by Crippen LogP contribution is -2.40. The van der Waals surface area contributed by atoms with Crippen LogP contribution in [-0.2, 0) is 13.5 Å². The van der Waals surface area contributed by atoms with Crippen LogP contribution >= 0.6 is 0 Å². The molecule has 1 aliphatic heterocycles. The van der Waals surface area contributed by atoms with Gasteiger partial charge in [-0.25, -0.2) is 0 Å². The highest BCUT2D eigenvalue weighted by Crippen LogP contribution is 2.26. The number of likely N-dealkylation sites (tertiary alicyclic amines) is 1. The molecule has 1 unspecified atom stereocenters. The fourth-order valence-electron chi connectivity index (χ4n) is 3.73. The molecule has 0 aliphatic carbocycles. The standard InChI is InChI=1S/C21H27N5O/c1-3-22-21(26-11-9-17(15-26)18-13-24-25(2)14-18)23-10-8-19-12-16-6-4-5-7-20(16)27-19/h4-7,12-14,17H,3,8-11,15H2,1-2H3,(H,22,23). The number of hydrogen-bond donors (Lipinski definition) is 1. The van der Waals surface area contributed by atoms with E-state index in [4.69, 9.17) is 9.41 Å². The van der Waals surface area contributed by atoms with Crippen LogP contribution in [0.4, 0.5) is 0 Å². The van der Waals surface area contributed by atoms with Crippen LogP contribution in [-0.4, -0.2) is 46.8 Å². The van der Waals surface area contributed by atoms with Crippen molar-refractivity contribution in [1.29, 1.82) is 0 Å². The summed E-state index contributed by atoms with van der Waals surface area (Å²) in [6.07, 6.45) is 6.06. The molecule has 27 heavy (non-hydrogen) atoms. The average Bonchev–Trinajstić information content (AvgIpc) is 3.39. The Morgan fingerprint density at radius 1 is 1.37 bits per heavy atom. The summed E-state index contributed by atoms with van der Waals surface area (Å²) in [5, 5.41) is 8.90. The van der Waals surface area contributed by atoms with E-state index in [-0.39, 0.29) is 0 Å². The molecule has 0 saturated carbocycles. The second kappa shape index (κ2) is 7.86. The van der Waals surface area contributed by atoms with Crippen molar-refractivity contribution in [3.8, 4) is 0 Å². The highest BCUT2D eigenvalue weighted by atomic mass is 16.3. The van der Waals surface area contributed by atoms with E-state index >= 15 is 0 Å². The fraction of sp³-hybridized carbons (Fsp3) is 0.429. The van der Waals surface area contributed by atoms with Crippen molar-refractivity contribution in [2.45, 2.75) is 25.7 Å². The van der Waals surface area contributed by atoms with Crippen LogP contribution in [0.5, 0.6) is 0 Å². The number of nitrogens with one attached hydrogen (secondary N) is 1. The van der Waals surface area contributed by atoms with Crippen molar-refractivity contribution in [1.82, 2.24) is 20.0 Å². The van der Waals surface area contributed by atoms with Crippen LogP contribution < -0.4 is 5.32 Å². The molecular formula is C21H27N5O. The van der Waals surface area contributed by atoms with Gasteiger partial charge in [-0.1, -0.05) is 18.2 Å². The number of hydrogen-bond acceptors (Lipinski definition) is 3. The van der Waals surface area contributed by atoms with E-state index in [1.807, 2.05) is 36.1 Å². The monoisotopic (exact) mass is 365 g/mol. The van der Waals surface area contributed by atoms with E-state index in [9.17, 15) is 0 Å². The number of rotatable bonds is 5. The smallest absolute Gasteiger partial charge is 0.193 e. The maximum absolute atomic E-state index is 5.90. The van der Waals surface area contributed by atoms with Crippen molar-refractivity contribution >= 4 is 16.9 Å². The second-order valence-electron chi connectivity index (χ2n) is 7.12. The molecule has 6 heteroatoms. The summed E-state index contributed by atoms with van der Waals surface area (Å²) in [7, 11) is 1.97. The molecule has 1 saturated heterocycles. The molecule has 0 radical (unpaired) electrons. The predicted molar refractivity (Wildman–Crippen MR) is 108 cm³/mol. The SMILES string of the molecule is CCNC(=NCCc1cc2ccccc2o1)N1CCC(c2cnn(C)c2)C1. The van der Waals surface area contributed by atoms with Gasteiger partial charge in [0, 0.05) is 57.1 Å². The summed E-state index contributed by atoms with van der Waals surface area (Å²) in [5.41, 5.74) is 2.26. The van der Waals surface area contributed by atoms with E-state index in [0.29, 0.717) is 5.92 Å². The van der Waals surface area contributed by atoms with Crippen LogP contribution in [0.2, 0.25) is 0 Å². The summed E-state index contributed by atoms with van der Waals surface area (Å²) in [5.74, 6) is 2.52. The lowest BCUT2D eigenvalue weighted by atomic mass is 10.0. The molecule has 0 bridgehead atoms. The van der Waals surface area contributed by atoms with Gasteiger partial charge in [0.2, 0.25) is 0 Å². The summed E-state index contributed by atoms with van der Waals surface area (Å²) >= 11 is 0. The molecule has 2 aromatic heterocycles. The molecule has 6 nitrogen and oxygen atoms in total. The zero-order chi connectivity index (χ0) is 18.6. The van der Waals surface area contributed by atoms with Crippen molar-refractivity contribution in [3.63, 3.8) is 0 Å². The van der Waals surface area contributed by atoms with Crippen molar-refractivity contribution in [2.75, 3.05) is 26.2 Å². The topological polar surface area (TPSA) is 58.6 Å². The first-order valence-electron chi connectivity index (χ1n) is 9.72. The van der Waals surface area contributed by atoms with Crippen LogP contribution in [0.25, 0.3) is 11.0 Å². The van der Waals surface area contributed by atoms with Gasteiger partial charge in [-0.05, 0) is 31.0 Å². The Bertz CT molecular complexity index is 892. The molecule has 4 rings (SSSR count). The van der Waals surface area contributed by atoms with E-state index < -0.39 is 0 Å². The van der Waals surface area contributed by atoms with E-state index in [2.05, 4.69) is 40.6 Å². The first kappa shape index (κ1) is 17.6.